The Morgan fingerprint density at radius 3 is 2.29 bits per heavy atom. The Balaban J connectivity index is 1.50. The van der Waals surface area contributed by atoms with E-state index >= 15 is 0 Å². The molecule has 4 aromatic rings. The highest BCUT2D eigenvalue weighted by molar-refractivity contribution is 7.99. The molecule has 0 amide bonds. The van der Waals surface area contributed by atoms with Crippen molar-refractivity contribution < 1.29 is 27.9 Å². The number of ether oxygens (including phenoxy) is 3. The van der Waals surface area contributed by atoms with E-state index in [1.165, 1.54) is 33.1 Å². The maximum Gasteiger partial charge on any atom is 0.277 e. The molecular formula is C23H24N4O6S. The summed E-state index contributed by atoms with van der Waals surface area (Å²) < 4.78 is 28.9. The average molecular weight is 485 g/mol. The number of carbonyl (C=O) groups excluding carboxylic acids is 1. The highest BCUT2D eigenvalue weighted by Crippen LogP contribution is 2.41. The van der Waals surface area contributed by atoms with Crippen molar-refractivity contribution in [3.8, 4) is 34.5 Å². The summed E-state index contributed by atoms with van der Waals surface area (Å²) in [5.41, 5.74) is 2.89. The van der Waals surface area contributed by atoms with Crippen LogP contribution >= 0.6 is 11.8 Å². The van der Waals surface area contributed by atoms with Crippen LogP contribution in [0.4, 0.5) is 0 Å². The molecule has 0 saturated heterocycles. The van der Waals surface area contributed by atoms with Gasteiger partial charge in [-0.2, -0.15) is 0 Å². The molecular weight excluding hydrogens is 460 g/mol. The van der Waals surface area contributed by atoms with Gasteiger partial charge in [0, 0.05) is 28.6 Å². The first-order valence-electron chi connectivity index (χ1n) is 10.3. The van der Waals surface area contributed by atoms with Crippen LogP contribution in [-0.4, -0.2) is 52.8 Å². The van der Waals surface area contributed by atoms with E-state index in [-0.39, 0.29) is 22.6 Å². The third kappa shape index (κ3) is 4.38. The van der Waals surface area contributed by atoms with Gasteiger partial charge in [-0.3, -0.25) is 9.36 Å². The van der Waals surface area contributed by atoms with Crippen LogP contribution in [0.5, 0.6) is 17.2 Å². The predicted octanol–water partition coefficient (Wildman–Crippen LogP) is 4.44. The monoisotopic (exact) mass is 484 g/mol. The van der Waals surface area contributed by atoms with Crippen molar-refractivity contribution in [3.63, 3.8) is 0 Å². The molecule has 11 heteroatoms. The number of carbonyl (C=O) groups is 1. The van der Waals surface area contributed by atoms with E-state index in [0.717, 1.165) is 11.4 Å². The van der Waals surface area contributed by atoms with E-state index < -0.39 is 0 Å². The summed E-state index contributed by atoms with van der Waals surface area (Å²) in [5, 5.41) is 12.5. The summed E-state index contributed by atoms with van der Waals surface area (Å²) in [6, 6.07) is 7.10. The molecule has 0 aliphatic heterocycles. The Morgan fingerprint density at radius 2 is 1.71 bits per heavy atom. The van der Waals surface area contributed by atoms with Crippen molar-refractivity contribution in [1.29, 1.82) is 0 Å². The third-order valence-corrected chi connectivity index (χ3v) is 6.04. The molecule has 34 heavy (non-hydrogen) atoms. The van der Waals surface area contributed by atoms with Crippen molar-refractivity contribution in [2.24, 2.45) is 0 Å². The van der Waals surface area contributed by atoms with Gasteiger partial charge >= 0.3 is 0 Å². The smallest absolute Gasteiger partial charge is 0.277 e. The second-order valence-electron chi connectivity index (χ2n) is 7.41. The zero-order chi connectivity index (χ0) is 24.4. The zero-order valence-corrected chi connectivity index (χ0v) is 20.5. The predicted molar refractivity (Wildman–Crippen MR) is 124 cm³/mol. The molecule has 0 aliphatic carbocycles. The Bertz CT molecular complexity index is 1310. The zero-order valence-electron chi connectivity index (χ0n) is 19.7. The standard InChI is InChI=1S/C23H24N4O6S/c1-12-7-16(14(3)27(12)20-8-13(2)33-26-20)17(28)11-34-23-25-24-22(32-23)15-9-18(29-4)21(31-6)19(10-15)30-5/h7-10H,11H2,1-6H3. The number of thioether (sulfide) groups is 1. The summed E-state index contributed by atoms with van der Waals surface area (Å²) in [4.78, 5) is 12.9. The maximum atomic E-state index is 12.9. The molecule has 0 fully saturated rings. The molecule has 0 unspecified atom stereocenters. The van der Waals surface area contributed by atoms with Crippen LogP contribution in [0.15, 0.2) is 38.4 Å². The summed E-state index contributed by atoms with van der Waals surface area (Å²) in [6.07, 6.45) is 0. The van der Waals surface area contributed by atoms with Crippen molar-refractivity contribution in [2.45, 2.75) is 26.0 Å². The van der Waals surface area contributed by atoms with E-state index in [1.807, 2.05) is 37.5 Å². The molecule has 3 heterocycles. The summed E-state index contributed by atoms with van der Waals surface area (Å²) in [6.45, 7) is 5.62. The Labute approximate surface area is 200 Å². The molecule has 0 bridgehead atoms. The quantitative estimate of drug-likeness (QED) is 0.249. The van der Waals surface area contributed by atoms with Gasteiger partial charge in [-0.1, -0.05) is 16.9 Å². The molecule has 3 aromatic heterocycles. The van der Waals surface area contributed by atoms with Gasteiger partial charge in [0.1, 0.15) is 5.76 Å². The topological polar surface area (TPSA) is 115 Å². The molecule has 0 atom stereocenters. The van der Waals surface area contributed by atoms with Gasteiger partial charge in [0.2, 0.25) is 11.6 Å². The number of aryl methyl sites for hydroxylation is 2. The van der Waals surface area contributed by atoms with Gasteiger partial charge in [-0.25, -0.2) is 0 Å². The van der Waals surface area contributed by atoms with Crippen molar-refractivity contribution >= 4 is 17.5 Å². The van der Waals surface area contributed by atoms with Gasteiger partial charge in [0.15, 0.2) is 23.1 Å². The third-order valence-electron chi connectivity index (χ3n) is 5.22. The lowest BCUT2D eigenvalue weighted by molar-refractivity contribution is 0.102. The first-order chi connectivity index (χ1) is 16.4. The second kappa shape index (κ2) is 9.64. The fraction of sp³-hybridized carbons (Fsp3) is 0.304. The van der Waals surface area contributed by atoms with Crippen molar-refractivity contribution in [1.82, 2.24) is 19.9 Å². The van der Waals surface area contributed by atoms with Crippen molar-refractivity contribution in [3.05, 3.63) is 47.0 Å². The van der Waals surface area contributed by atoms with Crippen LogP contribution in [0.3, 0.4) is 0 Å². The minimum Gasteiger partial charge on any atom is -0.493 e. The average Bonchev–Trinajstić information content (AvgIpc) is 3.55. The summed E-state index contributed by atoms with van der Waals surface area (Å²) in [7, 11) is 4.59. The van der Waals surface area contributed by atoms with Gasteiger partial charge < -0.3 is 23.2 Å². The number of Topliss-reactive ketones (excluding diaryl/α,β-unsaturated/α-hetero) is 1. The molecule has 0 N–H and O–H groups in total. The minimum atomic E-state index is -0.0582. The first-order valence-corrected chi connectivity index (χ1v) is 11.3. The number of hydrogen-bond acceptors (Lipinski definition) is 10. The van der Waals surface area contributed by atoms with E-state index in [9.17, 15) is 4.79 Å². The number of methoxy groups -OCH3 is 3. The Morgan fingerprint density at radius 1 is 1.00 bits per heavy atom. The van der Waals surface area contributed by atoms with Crippen LogP contribution < -0.4 is 14.2 Å². The number of ketones is 1. The maximum absolute atomic E-state index is 12.9. The highest BCUT2D eigenvalue weighted by Gasteiger charge is 2.21. The molecule has 1 aromatic carbocycles. The summed E-state index contributed by atoms with van der Waals surface area (Å²) in [5.74, 6) is 3.10. The van der Waals surface area contributed by atoms with E-state index in [4.69, 9.17) is 23.2 Å². The normalized spacial score (nSPS) is 11.0. The number of benzene rings is 1. The fourth-order valence-corrected chi connectivity index (χ4v) is 4.30. The summed E-state index contributed by atoms with van der Waals surface area (Å²) >= 11 is 1.17. The Kier molecular flexibility index (Phi) is 6.64. The van der Waals surface area contributed by atoms with Crippen LogP contribution in [0, 0.1) is 20.8 Å². The lowest BCUT2D eigenvalue weighted by atomic mass is 10.2. The van der Waals surface area contributed by atoms with Crippen LogP contribution in [0.1, 0.15) is 27.5 Å². The Hall–Kier alpha value is -3.73. The molecule has 10 nitrogen and oxygen atoms in total. The number of rotatable bonds is 9. The first kappa shape index (κ1) is 23.4. The number of hydrogen-bond donors (Lipinski definition) is 0. The number of nitrogens with zero attached hydrogens (tertiary/aromatic N) is 4. The van der Waals surface area contributed by atoms with Gasteiger partial charge in [-0.15, -0.1) is 10.2 Å². The fourth-order valence-electron chi connectivity index (χ4n) is 3.65. The van der Waals surface area contributed by atoms with E-state index in [1.54, 1.807) is 12.1 Å². The molecule has 178 valence electrons. The molecule has 0 radical (unpaired) electrons. The molecule has 0 spiro atoms. The van der Waals surface area contributed by atoms with Crippen LogP contribution in [0.2, 0.25) is 0 Å². The van der Waals surface area contributed by atoms with Gasteiger partial charge in [-0.05, 0) is 39.0 Å². The van der Waals surface area contributed by atoms with Gasteiger partial charge in [0.05, 0.1) is 27.1 Å². The SMILES string of the molecule is COc1cc(-c2nnc(SCC(=O)c3cc(C)n(-c4cc(C)on4)c3C)o2)cc(OC)c1OC. The highest BCUT2D eigenvalue weighted by atomic mass is 32.2. The molecule has 0 aliphatic rings. The van der Waals surface area contributed by atoms with Gasteiger partial charge in [0.25, 0.3) is 5.22 Å². The van der Waals surface area contributed by atoms with E-state index in [0.29, 0.717) is 40.0 Å². The lowest BCUT2D eigenvalue weighted by Crippen LogP contribution is -2.05. The lowest BCUT2D eigenvalue weighted by Gasteiger charge is -2.12. The number of aromatic nitrogens is 4. The largest absolute Gasteiger partial charge is 0.493 e. The van der Waals surface area contributed by atoms with E-state index in [2.05, 4.69) is 15.4 Å². The van der Waals surface area contributed by atoms with Crippen LogP contribution in [-0.2, 0) is 0 Å². The second-order valence-corrected chi connectivity index (χ2v) is 8.34. The molecule has 4 rings (SSSR count). The minimum absolute atomic E-state index is 0.0582. The molecule has 0 saturated carbocycles. The van der Waals surface area contributed by atoms with Crippen molar-refractivity contribution in [2.75, 3.05) is 27.1 Å². The van der Waals surface area contributed by atoms with Crippen LogP contribution in [0.25, 0.3) is 17.3 Å².